The third-order valence-corrected chi connectivity index (χ3v) is 2.64. The molecule has 0 aliphatic heterocycles. The van der Waals surface area contributed by atoms with Crippen LogP contribution in [-0.2, 0) is 7.05 Å². The number of benzene rings is 1. The molecular formula is C11H12N4O. The molecule has 5 nitrogen and oxygen atoms in total. The van der Waals surface area contributed by atoms with E-state index in [4.69, 9.17) is 5.53 Å². The second-order valence-corrected chi connectivity index (χ2v) is 3.52. The summed E-state index contributed by atoms with van der Waals surface area (Å²) in [5, 5.41) is 3.27. The van der Waals surface area contributed by atoms with Crippen molar-refractivity contribution in [3.63, 3.8) is 0 Å². The number of rotatable bonds is 2. The number of para-hydroxylation sites is 1. The molecule has 1 N–H and O–H groups in total. The molecule has 82 valence electrons. The molecule has 1 heterocycles. The van der Waals surface area contributed by atoms with Crippen LogP contribution in [0.4, 0.5) is 5.69 Å². The summed E-state index contributed by atoms with van der Waals surface area (Å²) in [4.78, 5) is 12.0. The van der Waals surface area contributed by atoms with Gasteiger partial charge in [-0.05, 0) is 19.1 Å². The molecule has 1 aromatic heterocycles. The molecule has 0 fully saturated rings. The molecule has 0 aliphatic carbocycles. The molecule has 0 radical (unpaired) electrons. The minimum absolute atomic E-state index is 0.186. The Bertz CT molecular complexity index is 580. The number of nitrogens with zero attached hydrogens (tertiary/aromatic N) is 3. The van der Waals surface area contributed by atoms with Crippen LogP contribution in [0.1, 0.15) is 5.69 Å². The van der Waals surface area contributed by atoms with Crippen LogP contribution in [0.2, 0.25) is 0 Å². The van der Waals surface area contributed by atoms with Crippen LogP contribution in [0.3, 0.4) is 0 Å². The van der Waals surface area contributed by atoms with Crippen molar-refractivity contribution in [1.82, 2.24) is 9.36 Å². The van der Waals surface area contributed by atoms with E-state index >= 15 is 0 Å². The predicted octanol–water partition coefficient (Wildman–Crippen LogP) is 2.15. The zero-order chi connectivity index (χ0) is 11.7. The molecule has 0 saturated heterocycles. The van der Waals surface area contributed by atoms with Gasteiger partial charge in [-0.3, -0.25) is 9.48 Å². The third kappa shape index (κ3) is 1.37. The fraction of sp³-hybridized carbons (Fsp3) is 0.182. The van der Waals surface area contributed by atoms with Crippen LogP contribution in [0.5, 0.6) is 0 Å². The second kappa shape index (κ2) is 3.77. The van der Waals surface area contributed by atoms with E-state index in [-0.39, 0.29) is 11.2 Å². The first kappa shape index (κ1) is 10.4. The number of nitrogens with one attached hydrogen (secondary N) is 1. The van der Waals surface area contributed by atoms with Gasteiger partial charge in [0.25, 0.3) is 5.56 Å². The van der Waals surface area contributed by atoms with Gasteiger partial charge in [0, 0.05) is 7.05 Å². The summed E-state index contributed by atoms with van der Waals surface area (Å²) in [5.41, 5.74) is 8.38. The number of aromatic nitrogens is 2. The summed E-state index contributed by atoms with van der Waals surface area (Å²) in [7, 11) is 1.78. The Labute approximate surface area is 92.4 Å². The molecule has 2 rings (SSSR count). The van der Waals surface area contributed by atoms with Crippen molar-refractivity contribution < 1.29 is 0 Å². The van der Waals surface area contributed by atoms with E-state index in [1.54, 1.807) is 18.7 Å². The molecule has 0 atom stereocenters. The number of hydrogen-bond donors (Lipinski definition) is 1. The van der Waals surface area contributed by atoms with Crippen molar-refractivity contribution in [2.45, 2.75) is 6.92 Å². The van der Waals surface area contributed by atoms with Gasteiger partial charge in [0.05, 0.1) is 11.4 Å². The highest BCUT2D eigenvalue weighted by atomic mass is 16.1. The molecule has 0 spiro atoms. The van der Waals surface area contributed by atoms with E-state index in [0.29, 0.717) is 5.69 Å². The van der Waals surface area contributed by atoms with Crippen molar-refractivity contribution in [3.8, 4) is 5.69 Å². The van der Waals surface area contributed by atoms with E-state index in [9.17, 15) is 4.79 Å². The molecule has 0 bridgehead atoms. The van der Waals surface area contributed by atoms with Crippen molar-refractivity contribution in [3.05, 3.63) is 46.4 Å². The van der Waals surface area contributed by atoms with Crippen molar-refractivity contribution in [2.24, 2.45) is 12.2 Å². The number of hydrogen-bond acceptors (Lipinski definition) is 3. The fourth-order valence-electron chi connectivity index (χ4n) is 1.68. The minimum atomic E-state index is -0.263. The fourth-order valence-corrected chi connectivity index (χ4v) is 1.68. The maximum atomic E-state index is 12.0. The van der Waals surface area contributed by atoms with Gasteiger partial charge in [-0.15, -0.1) is 0 Å². The van der Waals surface area contributed by atoms with Crippen LogP contribution < -0.4 is 5.56 Å². The van der Waals surface area contributed by atoms with Crippen LogP contribution >= 0.6 is 0 Å². The van der Waals surface area contributed by atoms with E-state index in [2.05, 4.69) is 5.11 Å². The maximum absolute atomic E-state index is 12.0. The summed E-state index contributed by atoms with van der Waals surface area (Å²) in [6.45, 7) is 1.77. The van der Waals surface area contributed by atoms with Gasteiger partial charge in [0.15, 0.2) is 5.69 Å². The smallest absolute Gasteiger partial charge is 0.283 e. The highest BCUT2D eigenvalue weighted by Crippen LogP contribution is 2.15. The lowest BCUT2D eigenvalue weighted by Crippen LogP contribution is -2.19. The summed E-state index contributed by atoms with van der Waals surface area (Å²) in [5.74, 6) is 0. The quantitative estimate of drug-likeness (QED) is 0.768. The molecule has 1 aromatic carbocycles. The molecule has 0 amide bonds. The summed E-state index contributed by atoms with van der Waals surface area (Å²) >= 11 is 0. The lowest BCUT2D eigenvalue weighted by molar-refractivity contribution is 0.630. The minimum Gasteiger partial charge on any atom is -0.283 e. The topological polar surface area (TPSA) is 63.1 Å². The van der Waals surface area contributed by atoms with Crippen LogP contribution in [0.15, 0.2) is 40.2 Å². The van der Waals surface area contributed by atoms with Gasteiger partial charge in [-0.2, -0.15) is 5.11 Å². The SMILES string of the molecule is Cc1c(N=N)c(=O)n(-c2ccccc2)n1C. The molecule has 0 unspecified atom stereocenters. The average molecular weight is 216 g/mol. The van der Waals surface area contributed by atoms with Gasteiger partial charge in [-0.25, -0.2) is 10.2 Å². The third-order valence-electron chi connectivity index (χ3n) is 2.64. The van der Waals surface area contributed by atoms with Crippen LogP contribution in [0.25, 0.3) is 5.69 Å². The second-order valence-electron chi connectivity index (χ2n) is 3.52. The van der Waals surface area contributed by atoms with E-state index in [1.165, 1.54) is 4.68 Å². The van der Waals surface area contributed by atoms with Gasteiger partial charge in [0.2, 0.25) is 0 Å². The summed E-state index contributed by atoms with van der Waals surface area (Å²) in [6.07, 6.45) is 0. The molecule has 2 aromatic rings. The molecule has 5 heteroatoms. The molecule has 0 saturated carbocycles. The van der Waals surface area contributed by atoms with Gasteiger partial charge in [0.1, 0.15) is 0 Å². The van der Waals surface area contributed by atoms with E-state index in [1.807, 2.05) is 30.3 Å². The Balaban J connectivity index is 2.77. The Morgan fingerprint density at radius 3 is 2.38 bits per heavy atom. The first-order chi connectivity index (χ1) is 7.66. The lowest BCUT2D eigenvalue weighted by atomic mass is 10.3. The first-order valence-electron chi connectivity index (χ1n) is 4.88. The standard InChI is InChI=1S/C11H12N4O/c1-8-10(13-12)11(16)15(14(8)2)9-6-4-3-5-7-9/h3-7,12H,1-2H3. The predicted molar refractivity (Wildman–Crippen MR) is 60.6 cm³/mol. The van der Waals surface area contributed by atoms with Crippen molar-refractivity contribution in [2.75, 3.05) is 0 Å². The molecule has 0 aliphatic rings. The molecular weight excluding hydrogens is 204 g/mol. The lowest BCUT2D eigenvalue weighted by Gasteiger charge is -2.07. The Kier molecular flexibility index (Phi) is 2.44. The maximum Gasteiger partial charge on any atom is 0.299 e. The summed E-state index contributed by atoms with van der Waals surface area (Å²) < 4.78 is 3.20. The zero-order valence-electron chi connectivity index (χ0n) is 9.14. The van der Waals surface area contributed by atoms with Gasteiger partial charge >= 0.3 is 0 Å². The Morgan fingerprint density at radius 1 is 1.25 bits per heavy atom. The largest absolute Gasteiger partial charge is 0.299 e. The van der Waals surface area contributed by atoms with Gasteiger partial charge in [-0.1, -0.05) is 18.2 Å². The highest BCUT2D eigenvalue weighted by molar-refractivity contribution is 5.43. The van der Waals surface area contributed by atoms with Crippen molar-refractivity contribution >= 4 is 5.69 Å². The van der Waals surface area contributed by atoms with E-state index in [0.717, 1.165) is 5.69 Å². The zero-order valence-corrected chi connectivity index (χ0v) is 9.14. The van der Waals surface area contributed by atoms with Crippen LogP contribution in [0, 0.1) is 12.5 Å². The summed E-state index contributed by atoms with van der Waals surface area (Å²) in [6, 6.07) is 9.30. The Morgan fingerprint density at radius 2 is 1.88 bits per heavy atom. The normalized spacial score (nSPS) is 10.4. The first-order valence-corrected chi connectivity index (χ1v) is 4.88. The average Bonchev–Trinajstić information content (AvgIpc) is 2.51. The highest BCUT2D eigenvalue weighted by Gasteiger charge is 2.14. The van der Waals surface area contributed by atoms with Crippen LogP contribution in [-0.4, -0.2) is 9.36 Å². The Hall–Kier alpha value is -2.17. The van der Waals surface area contributed by atoms with Gasteiger partial charge < -0.3 is 0 Å². The van der Waals surface area contributed by atoms with E-state index < -0.39 is 0 Å². The molecule has 16 heavy (non-hydrogen) atoms. The monoisotopic (exact) mass is 216 g/mol. The van der Waals surface area contributed by atoms with Crippen molar-refractivity contribution in [1.29, 1.82) is 5.53 Å².